The number of rotatable bonds is 7. The molecule has 3 fully saturated rings. The first-order valence-corrected chi connectivity index (χ1v) is 25.0. The highest BCUT2D eigenvalue weighted by atomic mass is 16.6. The molecule has 15 atom stereocenters. The smallest absolute Gasteiger partial charge is 0.329 e. The van der Waals surface area contributed by atoms with Gasteiger partial charge in [0.05, 0.1) is 24.4 Å². The molecule has 1 aromatic rings. The van der Waals surface area contributed by atoms with Crippen LogP contribution in [0.3, 0.4) is 0 Å². The zero-order valence-corrected chi connectivity index (χ0v) is 42.5. The average molecular weight is 966 g/mol. The van der Waals surface area contributed by atoms with Crippen molar-refractivity contribution in [2.45, 2.75) is 180 Å². The summed E-state index contributed by atoms with van der Waals surface area (Å²) in [6, 6.07) is -1.19. The molecule has 17 heteroatoms. The van der Waals surface area contributed by atoms with Crippen molar-refractivity contribution < 1.29 is 57.9 Å². The third-order valence-corrected chi connectivity index (χ3v) is 15.2. The Morgan fingerprint density at radius 3 is 2.32 bits per heavy atom. The van der Waals surface area contributed by atoms with Crippen LogP contribution < -0.4 is 0 Å². The predicted octanol–water partition coefficient (Wildman–Crippen LogP) is 6.05. The Morgan fingerprint density at radius 1 is 0.884 bits per heavy atom. The number of methoxy groups -OCH3 is 3. The van der Waals surface area contributed by atoms with Crippen molar-refractivity contribution in [3.8, 4) is 0 Å². The lowest BCUT2D eigenvalue weighted by molar-refractivity contribution is -0.265. The van der Waals surface area contributed by atoms with Gasteiger partial charge in [0.25, 0.3) is 11.7 Å². The number of piperidine rings is 1. The summed E-state index contributed by atoms with van der Waals surface area (Å²) >= 11 is 0. The summed E-state index contributed by atoms with van der Waals surface area (Å²) in [5, 5.41) is 35.2. The van der Waals surface area contributed by atoms with Crippen LogP contribution in [0, 0.1) is 35.5 Å². The number of carbonyl (C=O) groups excluding carboxylic acids is 5. The van der Waals surface area contributed by atoms with Crippen LogP contribution in [0.5, 0.6) is 0 Å². The third kappa shape index (κ3) is 14.2. The van der Waals surface area contributed by atoms with Gasteiger partial charge in [0.15, 0.2) is 5.78 Å². The highest BCUT2D eigenvalue weighted by molar-refractivity contribution is 6.39. The number of aliphatic hydroxyl groups is 2. The van der Waals surface area contributed by atoms with Gasteiger partial charge in [-0.05, 0) is 117 Å². The minimum atomic E-state index is -2.43. The molecule has 1 saturated carbocycles. The number of aliphatic hydroxyl groups excluding tert-OH is 1. The summed E-state index contributed by atoms with van der Waals surface area (Å²) in [5.41, 5.74) is 1.27. The fraction of sp³-hybridized carbons (Fsp3) is 0.731. The van der Waals surface area contributed by atoms with E-state index in [1.807, 2.05) is 58.1 Å². The second kappa shape index (κ2) is 25.7. The Hall–Kier alpha value is -4.26. The molecule has 4 heterocycles. The highest BCUT2D eigenvalue weighted by Crippen LogP contribution is 2.39. The van der Waals surface area contributed by atoms with E-state index in [2.05, 4.69) is 15.5 Å². The Kier molecular flexibility index (Phi) is 20.8. The number of fused-ring (bicyclic) bond motifs is 3. The summed E-state index contributed by atoms with van der Waals surface area (Å²) in [7, 11) is 4.62. The van der Waals surface area contributed by atoms with Crippen molar-refractivity contribution >= 4 is 29.2 Å². The number of nitrogens with zero attached hydrogens (tertiary/aromatic N) is 5. The third-order valence-electron chi connectivity index (χ3n) is 15.2. The Bertz CT molecular complexity index is 2020. The largest absolute Gasteiger partial charge is 0.460 e. The Balaban J connectivity index is 1.46. The summed E-state index contributed by atoms with van der Waals surface area (Å²) in [6.45, 7) is 12.8. The van der Waals surface area contributed by atoms with Crippen LogP contribution in [-0.4, -0.2) is 141 Å². The van der Waals surface area contributed by atoms with E-state index >= 15 is 0 Å². The van der Waals surface area contributed by atoms with E-state index in [9.17, 15) is 34.2 Å². The molecule has 0 spiro atoms. The lowest BCUT2D eigenvalue weighted by atomic mass is 9.77. The highest BCUT2D eigenvalue weighted by Gasteiger charge is 2.53. The van der Waals surface area contributed by atoms with E-state index in [1.54, 1.807) is 52.1 Å². The number of tetrazole rings is 1. The van der Waals surface area contributed by atoms with Crippen LogP contribution in [0.4, 0.5) is 0 Å². The minimum absolute atomic E-state index is 0.0170. The van der Waals surface area contributed by atoms with Crippen LogP contribution in [0.1, 0.15) is 132 Å². The van der Waals surface area contributed by atoms with Gasteiger partial charge in [0.1, 0.15) is 36.5 Å². The van der Waals surface area contributed by atoms with Gasteiger partial charge in [0.2, 0.25) is 5.79 Å². The van der Waals surface area contributed by atoms with Crippen LogP contribution >= 0.6 is 0 Å². The van der Waals surface area contributed by atoms with Gasteiger partial charge in [-0.15, -0.1) is 5.10 Å². The fourth-order valence-corrected chi connectivity index (χ4v) is 10.7. The molecule has 1 amide bonds. The molecule has 1 aromatic heterocycles. The summed E-state index contributed by atoms with van der Waals surface area (Å²) in [6.07, 6.45) is 13.9. The van der Waals surface area contributed by atoms with Gasteiger partial charge in [0, 0.05) is 58.5 Å². The van der Waals surface area contributed by atoms with Crippen LogP contribution in [0.25, 0.3) is 0 Å². The topological polar surface area (TPSA) is 219 Å². The number of Topliss-reactive ketones (excluding diaryl/α,β-unsaturated/α-hetero) is 3. The number of hydrogen-bond acceptors (Lipinski definition) is 15. The number of esters is 1. The molecular formula is C52H79N5O12. The number of ether oxygens (including phenoxy) is 5. The Labute approximate surface area is 408 Å². The molecule has 384 valence electrons. The van der Waals surface area contributed by atoms with Crippen molar-refractivity contribution in [1.29, 1.82) is 0 Å². The lowest BCUT2D eigenvalue weighted by Crippen LogP contribution is -2.61. The monoisotopic (exact) mass is 966 g/mol. The van der Waals surface area contributed by atoms with Crippen molar-refractivity contribution in [3.05, 3.63) is 53.9 Å². The number of aromatic nitrogens is 4. The molecule has 17 nitrogen and oxygen atoms in total. The SMILES string of the molecule is COC1CC(C[C@@H](C)C2CC(=O)C(C)/C=C(\C)C(O)C(OC)C(=O)C(C)C[C@H](C)/C=C/C=C/C=C(\C)[C@@H](OC)CC3CCC(C)C(O)(O3)C(=O)C(=O)N3CCCCC3C(=O)O2)CCC1n1cnnn1. The number of hydrogen-bond donors (Lipinski definition) is 2. The maximum absolute atomic E-state index is 14.5. The average Bonchev–Trinajstić information content (AvgIpc) is 3.88. The van der Waals surface area contributed by atoms with Crippen molar-refractivity contribution in [1.82, 2.24) is 25.1 Å². The van der Waals surface area contributed by atoms with Gasteiger partial charge in [-0.25, -0.2) is 9.48 Å². The molecule has 4 aliphatic rings. The molecule has 5 rings (SSSR count). The molecule has 0 aromatic carbocycles. The van der Waals surface area contributed by atoms with Crippen LogP contribution in [-0.2, 0) is 47.7 Å². The second-order valence-electron chi connectivity index (χ2n) is 20.4. The van der Waals surface area contributed by atoms with Gasteiger partial charge in [-0.1, -0.05) is 71.1 Å². The van der Waals surface area contributed by atoms with Gasteiger partial charge in [-0.3, -0.25) is 19.2 Å². The number of ketones is 3. The molecule has 1 aliphatic carbocycles. The van der Waals surface area contributed by atoms with Crippen LogP contribution in [0.2, 0.25) is 0 Å². The van der Waals surface area contributed by atoms with Crippen molar-refractivity contribution in [2.75, 3.05) is 27.9 Å². The zero-order chi connectivity index (χ0) is 50.6. The quantitative estimate of drug-likeness (QED) is 0.181. The number of allylic oxidation sites excluding steroid dienone is 6. The molecule has 2 bridgehead atoms. The standard InChI is InChI=1S/C52H79N5O12/c1-31-16-12-11-13-17-32(2)43(65-8)28-39-21-19-37(7)52(64,69-39)49(61)50(62)56-23-15-14-18-41(56)51(63)68-44(34(4)26-38-20-22-40(45(27-38)66-9)57-30-53-54-55-57)29-42(58)33(3)25-36(6)47(60)48(67-10)46(59)35(5)24-31/h11-13,16-17,25,30-31,33-35,37-41,43-45,47-48,60,64H,14-15,18-24,26-29H2,1-10H3/b13-11+,16-12+,32-17+,36-25+/t31-,33?,34-,35?,37?,38?,39?,40?,41?,43+,44?,45?,47?,48?,52?/m1/s1. The molecular weight excluding hydrogens is 887 g/mol. The zero-order valence-electron chi connectivity index (χ0n) is 42.5. The summed E-state index contributed by atoms with van der Waals surface area (Å²) in [4.78, 5) is 72.3. The summed E-state index contributed by atoms with van der Waals surface area (Å²) in [5.74, 6) is -7.92. The summed E-state index contributed by atoms with van der Waals surface area (Å²) < 4.78 is 31.6. The van der Waals surface area contributed by atoms with Gasteiger partial charge >= 0.3 is 5.97 Å². The molecule has 12 unspecified atom stereocenters. The minimum Gasteiger partial charge on any atom is -0.460 e. The van der Waals surface area contributed by atoms with E-state index in [1.165, 1.54) is 12.0 Å². The van der Waals surface area contributed by atoms with Crippen molar-refractivity contribution in [2.24, 2.45) is 35.5 Å². The lowest BCUT2D eigenvalue weighted by Gasteiger charge is -2.42. The maximum atomic E-state index is 14.5. The molecule has 69 heavy (non-hydrogen) atoms. The number of cyclic esters (lactones) is 1. The normalized spacial score (nSPS) is 38.8. The Morgan fingerprint density at radius 2 is 1.64 bits per heavy atom. The van der Waals surface area contributed by atoms with E-state index in [0.717, 1.165) is 18.4 Å². The van der Waals surface area contributed by atoms with E-state index < -0.39 is 77.8 Å². The molecule has 2 N–H and O–H groups in total. The molecule has 2 saturated heterocycles. The number of carbonyl (C=O) groups is 5. The predicted molar refractivity (Wildman–Crippen MR) is 256 cm³/mol. The molecule has 0 radical (unpaired) electrons. The first-order chi connectivity index (χ1) is 32.8. The van der Waals surface area contributed by atoms with E-state index in [0.29, 0.717) is 56.9 Å². The van der Waals surface area contributed by atoms with E-state index in [4.69, 9.17) is 23.7 Å². The van der Waals surface area contributed by atoms with Crippen molar-refractivity contribution in [3.63, 3.8) is 0 Å². The number of amides is 1. The van der Waals surface area contributed by atoms with E-state index in [-0.39, 0.29) is 60.9 Å². The second-order valence-corrected chi connectivity index (χ2v) is 20.4. The first-order valence-electron chi connectivity index (χ1n) is 25.0. The fourth-order valence-electron chi connectivity index (χ4n) is 10.7. The van der Waals surface area contributed by atoms with Crippen LogP contribution in [0.15, 0.2) is 53.9 Å². The van der Waals surface area contributed by atoms with Gasteiger partial charge < -0.3 is 38.8 Å². The maximum Gasteiger partial charge on any atom is 0.329 e. The van der Waals surface area contributed by atoms with Gasteiger partial charge in [-0.2, -0.15) is 0 Å². The molecule has 3 aliphatic heterocycles. The first kappa shape index (κ1) is 55.7.